The van der Waals surface area contributed by atoms with Crippen LogP contribution < -0.4 is 11.1 Å². The molecule has 0 saturated heterocycles. The molecule has 2 aromatic rings. The molecule has 7 heteroatoms. The van der Waals surface area contributed by atoms with Gasteiger partial charge in [-0.1, -0.05) is 0 Å². The average Bonchev–Trinajstić information content (AvgIpc) is 3.04. The summed E-state index contributed by atoms with van der Waals surface area (Å²) in [6.45, 7) is 1.29. The number of hydrogen-bond donors (Lipinski definition) is 2. The molecule has 3 rings (SSSR count). The average molecular weight is 329 g/mol. The molecule has 1 atom stereocenters. The van der Waals surface area contributed by atoms with Crippen molar-refractivity contribution < 1.29 is 9.53 Å². The fourth-order valence-electron chi connectivity index (χ4n) is 2.91. The van der Waals surface area contributed by atoms with E-state index in [9.17, 15) is 4.79 Å². The summed E-state index contributed by atoms with van der Waals surface area (Å²) in [5.41, 5.74) is 7.28. The zero-order valence-corrected chi connectivity index (χ0v) is 13.9. The van der Waals surface area contributed by atoms with Crippen molar-refractivity contribution in [1.82, 2.24) is 14.8 Å². The number of aromatic nitrogens is 3. The highest BCUT2D eigenvalue weighted by Crippen LogP contribution is 2.24. The van der Waals surface area contributed by atoms with Gasteiger partial charge in [-0.25, -0.2) is 0 Å². The molecule has 0 fully saturated rings. The zero-order valence-electron chi connectivity index (χ0n) is 13.9. The van der Waals surface area contributed by atoms with Gasteiger partial charge in [0.05, 0.1) is 12.5 Å². The summed E-state index contributed by atoms with van der Waals surface area (Å²) in [7, 11) is 1.55. The highest BCUT2D eigenvalue weighted by Gasteiger charge is 2.17. The van der Waals surface area contributed by atoms with Crippen LogP contribution >= 0.6 is 0 Å². The summed E-state index contributed by atoms with van der Waals surface area (Å²) in [5, 5.41) is 11.4. The van der Waals surface area contributed by atoms with Crippen molar-refractivity contribution in [3.8, 4) is 11.4 Å². The molecule has 0 radical (unpaired) electrons. The summed E-state index contributed by atoms with van der Waals surface area (Å²) >= 11 is 0. The molecule has 1 aliphatic heterocycles. The van der Waals surface area contributed by atoms with Crippen LogP contribution in [-0.2, 0) is 22.5 Å². The molecule has 24 heavy (non-hydrogen) atoms. The minimum atomic E-state index is -0.258. The SMILES string of the molecule is COC(CN)CC(=O)Nc1ccc(-c2nnc3n2CCCC3)cc1. The van der Waals surface area contributed by atoms with E-state index in [2.05, 4.69) is 20.1 Å². The number of carbonyl (C=O) groups excluding carboxylic acids is 1. The Morgan fingerprint density at radius 3 is 2.83 bits per heavy atom. The Balaban J connectivity index is 1.67. The quantitative estimate of drug-likeness (QED) is 0.839. The number of hydrogen-bond acceptors (Lipinski definition) is 5. The topological polar surface area (TPSA) is 95.1 Å². The van der Waals surface area contributed by atoms with Gasteiger partial charge in [0.25, 0.3) is 0 Å². The monoisotopic (exact) mass is 329 g/mol. The lowest BCUT2D eigenvalue weighted by atomic mass is 10.1. The summed E-state index contributed by atoms with van der Waals surface area (Å²) in [5.74, 6) is 1.84. The number of nitrogens with zero attached hydrogens (tertiary/aromatic N) is 3. The second-order valence-corrected chi connectivity index (χ2v) is 5.97. The number of amides is 1. The van der Waals surface area contributed by atoms with Gasteiger partial charge < -0.3 is 20.4 Å². The van der Waals surface area contributed by atoms with E-state index < -0.39 is 0 Å². The van der Waals surface area contributed by atoms with Crippen LogP contribution in [0.1, 0.15) is 25.1 Å². The third-order valence-corrected chi connectivity index (χ3v) is 4.30. The van der Waals surface area contributed by atoms with Crippen molar-refractivity contribution in [1.29, 1.82) is 0 Å². The zero-order chi connectivity index (χ0) is 16.9. The van der Waals surface area contributed by atoms with Crippen LogP contribution in [0.2, 0.25) is 0 Å². The number of carbonyl (C=O) groups is 1. The van der Waals surface area contributed by atoms with E-state index in [1.54, 1.807) is 7.11 Å². The molecule has 0 spiro atoms. The smallest absolute Gasteiger partial charge is 0.227 e. The molecule has 1 aromatic heterocycles. The van der Waals surface area contributed by atoms with Crippen molar-refractivity contribution in [2.75, 3.05) is 19.0 Å². The Morgan fingerprint density at radius 2 is 2.12 bits per heavy atom. The fourth-order valence-corrected chi connectivity index (χ4v) is 2.91. The van der Waals surface area contributed by atoms with Crippen LogP contribution in [0, 0.1) is 0 Å². The standard InChI is InChI=1S/C17H23N5O2/c1-24-14(11-18)10-16(23)19-13-7-5-12(6-8-13)17-21-20-15-4-2-3-9-22(15)17/h5-8,14H,2-4,9-11,18H2,1H3,(H,19,23). The maximum absolute atomic E-state index is 12.0. The van der Waals surface area contributed by atoms with Crippen molar-refractivity contribution >= 4 is 11.6 Å². The molecule has 1 aliphatic rings. The van der Waals surface area contributed by atoms with Gasteiger partial charge >= 0.3 is 0 Å². The predicted octanol–water partition coefficient (Wildman–Crippen LogP) is 1.58. The molecule has 1 aromatic carbocycles. The minimum Gasteiger partial charge on any atom is -0.380 e. The summed E-state index contributed by atoms with van der Waals surface area (Å²) in [6.07, 6.45) is 3.31. The van der Waals surface area contributed by atoms with Crippen molar-refractivity contribution in [3.05, 3.63) is 30.1 Å². The second-order valence-electron chi connectivity index (χ2n) is 5.97. The normalized spacial score (nSPS) is 14.9. The maximum Gasteiger partial charge on any atom is 0.227 e. The van der Waals surface area contributed by atoms with Crippen LogP contribution in [0.25, 0.3) is 11.4 Å². The predicted molar refractivity (Wildman–Crippen MR) is 91.5 cm³/mol. The fraction of sp³-hybridized carbons (Fsp3) is 0.471. The second kappa shape index (κ2) is 7.55. The van der Waals surface area contributed by atoms with Crippen LogP contribution in [0.3, 0.4) is 0 Å². The molecule has 0 bridgehead atoms. The van der Waals surface area contributed by atoms with Crippen molar-refractivity contribution in [3.63, 3.8) is 0 Å². The van der Waals surface area contributed by atoms with Gasteiger partial charge in [0, 0.05) is 37.9 Å². The largest absolute Gasteiger partial charge is 0.380 e. The van der Waals surface area contributed by atoms with Crippen LogP contribution in [-0.4, -0.2) is 40.4 Å². The van der Waals surface area contributed by atoms with Gasteiger partial charge in [0.15, 0.2) is 5.82 Å². The van der Waals surface area contributed by atoms with E-state index in [-0.39, 0.29) is 18.4 Å². The van der Waals surface area contributed by atoms with Crippen LogP contribution in [0.5, 0.6) is 0 Å². The third-order valence-electron chi connectivity index (χ3n) is 4.30. The highest BCUT2D eigenvalue weighted by molar-refractivity contribution is 5.91. The van der Waals surface area contributed by atoms with E-state index in [0.29, 0.717) is 6.54 Å². The van der Waals surface area contributed by atoms with Gasteiger partial charge in [-0.05, 0) is 37.1 Å². The summed E-state index contributed by atoms with van der Waals surface area (Å²) in [6, 6.07) is 7.67. The van der Waals surface area contributed by atoms with E-state index in [0.717, 1.165) is 42.3 Å². The Morgan fingerprint density at radius 1 is 1.33 bits per heavy atom. The number of fused-ring (bicyclic) bond motifs is 1. The molecule has 1 amide bonds. The van der Waals surface area contributed by atoms with Crippen LogP contribution in [0.15, 0.2) is 24.3 Å². The maximum atomic E-state index is 12.0. The molecule has 128 valence electrons. The molecule has 2 heterocycles. The number of nitrogens with two attached hydrogens (primary N) is 1. The van der Waals surface area contributed by atoms with E-state index in [4.69, 9.17) is 10.5 Å². The lowest BCUT2D eigenvalue weighted by Gasteiger charge is -2.15. The van der Waals surface area contributed by atoms with Gasteiger partial charge in [0.1, 0.15) is 5.82 Å². The van der Waals surface area contributed by atoms with E-state index in [1.165, 1.54) is 6.42 Å². The molecule has 1 unspecified atom stereocenters. The molecular formula is C17H23N5O2. The molecule has 7 nitrogen and oxygen atoms in total. The number of aryl methyl sites for hydroxylation is 1. The first-order chi connectivity index (χ1) is 11.7. The van der Waals surface area contributed by atoms with Crippen molar-refractivity contribution in [2.24, 2.45) is 5.73 Å². The first-order valence-electron chi connectivity index (χ1n) is 8.26. The summed E-state index contributed by atoms with van der Waals surface area (Å²) < 4.78 is 7.31. The first kappa shape index (κ1) is 16.6. The lowest BCUT2D eigenvalue weighted by molar-refractivity contribution is -0.118. The number of methoxy groups -OCH3 is 1. The Bertz CT molecular complexity index is 692. The van der Waals surface area contributed by atoms with Gasteiger partial charge in [-0.2, -0.15) is 0 Å². The molecular weight excluding hydrogens is 306 g/mol. The number of benzene rings is 1. The molecule has 0 aliphatic carbocycles. The van der Waals surface area contributed by atoms with Crippen LogP contribution in [0.4, 0.5) is 5.69 Å². The van der Waals surface area contributed by atoms with Gasteiger partial charge in [-0.3, -0.25) is 4.79 Å². The van der Waals surface area contributed by atoms with E-state index >= 15 is 0 Å². The Hall–Kier alpha value is -2.25. The first-order valence-corrected chi connectivity index (χ1v) is 8.26. The van der Waals surface area contributed by atoms with Crippen molar-refractivity contribution in [2.45, 2.75) is 38.3 Å². The Kier molecular flexibility index (Phi) is 5.22. The van der Waals surface area contributed by atoms with E-state index in [1.807, 2.05) is 24.3 Å². The number of ether oxygens (including phenoxy) is 1. The minimum absolute atomic E-state index is 0.111. The molecule has 3 N–H and O–H groups in total. The summed E-state index contributed by atoms with van der Waals surface area (Å²) in [4.78, 5) is 12.0. The lowest BCUT2D eigenvalue weighted by Crippen LogP contribution is -2.28. The highest BCUT2D eigenvalue weighted by atomic mass is 16.5. The number of rotatable bonds is 6. The number of anilines is 1. The molecule has 0 saturated carbocycles. The number of nitrogens with one attached hydrogen (secondary N) is 1. The van der Waals surface area contributed by atoms with Gasteiger partial charge in [0.2, 0.25) is 5.91 Å². The van der Waals surface area contributed by atoms with Gasteiger partial charge in [-0.15, -0.1) is 10.2 Å². The third kappa shape index (κ3) is 3.63. The Labute approximate surface area is 141 Å².